The molecular formula is C15H25N5O2S. The smallest absolute Gasteiger partial charge is 0.323 e. The Kier molecular flexibility index (Phi) is 6.79. The van der Waals surface area contributed by atoms with Crippen LogP contribution in [-0.2, 0) is 11.2 Å². The Labute approximate surface area is 141 Å². The van der Waals surface area contributed by atoms with Crippen molar-refractivity contribution in [1.29, 1.82) is 0 Å². The number of hydrogen-bond acceptors (Lipinski definition) is 5. The minimum atomic E-state index is -0.110. The molecule has 0 spiro atoms. The number of amides is 3. The van der Waals surface area contributed by atoms with Crippen LogP contribution in [0.15, 0.2) is 5.38 Å². The van der Waals surface area contributed by atoms with E-state index in [-0.39, 0.29) is 18.4 Å². The van der Waals surface area contributed by atoms with Crippen LogP contribution in [0.2, 0.25) is 0 Å². The number of urea groups is 1. The van der Waals surface area contributed by atoms with E-state index < -0.39 is 0 Å². The van der Waals surface area contributed by atoms with Crippen LogP contribution < -0.4 is 15.5 Å². The number of likely N-dealkylation sites (N-methyl/N-ethyl adjacent to an activating group) is 1. The second-order valence-electron chi connectivity index (χ2n) is 5.41. The SMILES string of the molecule is CCN(CC)CCNC(=O)Cc1csc(N2CCCNC2=O)n1. The standard InChI is InChI=1S/C15H25N5O2S/c1-3-19(4-2)9-7-16-13(21)10-12-11-23-15(18-12)20-8-5-6-17-14(20)22/h11H,3-10H2,1-2H3,(H,16,21)(H,17,22). The molecule has 1 aromatic heterocycles. The first kappa shape index (κ1) is 17.7. The normalized spacial score (nSPS) is 14.9. The molecule has 0 radical (unpaired) electrons. The van der Waals surface area contributed by atoms with Crippen LogP contribution in [0.25, 0.3) is 0 Å². The summed E-state index contributed by atoms with van der Waals surface area (Å²) in [5, 5.41) is 8.23. The first-order valence-electron chi connectivity index (χ1n) is 8.12. The van der Waals surface area contributed by atoms with Gasteiger partial charge in [-0.05, 0) is 19.5 Å². The van der Waals surface area contributed by atoms with Crippen molar-refractivity contribution >= 4 is 28.4 Å². The van der Waals surface area contributed by atoms with Crippen molar-refractivity contribution in [1.82, 2.24) is 20.5 Å². The monoisotopic (exact) mass is 339 g/mol. The summed E-state index contributed by atoms with van der Waals surface area (Å²) >= 11 is 1.40. The fourth-order valence-corrected chi connectivity index (χ4v) is 3.28. The van der Waals surface area contributed by atoms with Crippen LogP contribution >= 0.6 is 11.3 Å². The van der Waals surface area contributed by atoms with Gasteiger partial charge in [-0.15, -0.1) is 11.3 Å². The quantitative estimate of drug-likeness (QED) is 0.742. The summed E-state index contributed by atoms with van der Waals surface area (Å²) in [4.78, 5) is 32.1. The molecule has 0 saturated carbocycles. The largest absolute Gasteiger partial charge is 0.354 e. The fraction of sp³-hybridized carbons (Fsp3) is 0.667. The first-order chi connectivity index (χ1) is 11.1. The van der Waals surface area contributed by atoms with E-state index in [0.717, 1.165) is 26.1 Å². The van der Waals surface area contributed by atoms with E-state index >= 15 is 0 Å². The number of thiazole rings is 1. The van der Waals surface area contributed by atoms with Gasteiger partial charge in [-0.3, -0.25) is 9.69 Å². The zero-order valence-corrected chi connectivity index (χ0v) is 14.6. The third-order valence-corrected chi connectivity index (χ3v) is 4.75. The van der Waals surface area contributed by atoms with Gasteiger partial charge in [-0.25, -0.2) is 9.78 Å². The molecule has 8 heteroatoms. The van der Waals surface area contributed by atoms with Gasteiger partial charge in [0.15, 0.2) is 5.13 Å². The molecule has 23 heavy (non-hydrogen) atoms. The third kappa shape index (κ3) is 5.18. The highest BCUT2D eigenvalue weighted by Crippen LogP contribution is 2.22. The van der Waals surface area contributed by atoms with E-state index in [2.05, 4.69) is 34.4 Å². The minimum Gasteiger partial charge on any atom is -0.354 e. The van der Waals surface area contributed by atoms with Crippen molar-refractivity contribution in [2.24, 2.45) is 0 Å². The van der Waals surface area contributed by atoms with Crippen molar-refractivity contribution in [3.05, 3.63) is 11.1 Å². The summed E-state index contributed by atoms with van der Waals surface area (Å²) in [6, 6.07) is -0.110. The molecule has 3 amide bonds. The van der Waals surface area contributed by atoms with E-state index in [1.807, 2.05) is 5.38 Å². The number of aromatic nitrogens is 1. The molecular weight excluding hydrogens is 314 g/mol. The maximum absolute atomic E-state index is 12.0. The molecule has 2 heterocycles. The molecule has 2 N–H and O–H groups in total. The van der Waals surface area contributed by atoms with E-state index in [4.69, 9.17) is 0 Å². The topological polar surface area (TPSA) is 77.6 Å². The molecule has 1 aliphatic rings. The third-order valence-electron chi connectivity index (χ3n) is 3.84. The molecule has 0 aliphatic carbocycles. The van der Waals surface area contributed by atoms with E-state index in [9.17, 15) is 9.59 Å². The van der Waals surface area contributed by atoms with E-state index in [0.29, 0.717) is 30.5 Å². The van der Waals surface area contributed by atoms with Gasteiger partial charge in [0.05, 0.1) is 12.1 Å². The second kappa shape index (κ2) is 8.83. The van der Waals surface area contributed by atoms with Gasteiger partial charge >= 0.3 is 6.03 Å². The molecule has 1 fully saturated rings. The van der Waals surface area contributed by atoms with E-state index in [1.165, 1.54) is 11.3 Å². The summed E-state index contributed by atoms with van der Waals surface area (Å²) in [7, 11) is 0. The Balaban J connectivity index is 1.79. The molecule has 1 aliphatic heterocycles. The maximum atomic E-state index is 12.0. The van der Waals surface area contributed by atoms with Gasteiger partial charge in [0.25, 0.3) is 0 Å². The number of carbonyl (C=O) groups is 2. The maximum Gasteiger partial charge on any atom is 0.323 e. The Morgan fingerprint density at radius 1 is 1.48 bits per heavy atom. The lowest BCUT2D eigenvalue weighted by Gasteiger charge is -2.24. The van der Waals surface area contributed by atoms with Crippen LogP contribution in [0.3, 0.4) is 0 Å². The van der Waals surface area contributed by atoms with Gasteiger partial charge < -0.3 is 15.5 Å². The number of hydrogen-bond donors (Lipinski definition) is 2. The predicted octanol–water partition coefficient (Wildman–Crippen LogP) is 1.06. The zero-order chi connectivity index (χ0) is 16.7. The van der Waals surface area contributed by atoms with Crippen LogP contribution in [0.4, 0.5) is 9.93 Å². The number of anilines is 1. The van der Waals surface area contributed by atoms with Gasteiger partial charge in [0, 0.05) is 31.6 Å². The van der Waals surface area contributed by atoms with Crippen molar-refractivity contribution in [3.8, 4) is 0 Å². The number of rotatable bonds is 8. The molecule has 0 unspecified atom stereocenters. The highest BCUT2D eigenvalue weighted by atomic mass is 32.1. The minimum absolute atomic E-state index is 0.0305. The van der Waals surface area contributed by atoms with Crippen molar-refractivity contribution in [3.63, 3.8) is 0 Å². The highest BCUT2D eigenvalue weighted by molar-refractivity contribution is 7.14. The van der Waals surface area contributed by atoms with Crippen molar-refractivity contribution < 1.29 is 9.59 Å². The molecule has 2 rings (SSSR count). The lowest BCUT2D eigenvalue weighted by atomic mass is 10.3. The fourth-order valence-electron chi connectivity index (χ4n) is 2.43. The Morgan fingerprint density at radius 3 is 2.96 bits per heavy atom. The average Bonchev–Trinajstić information content (AvgIpc) is 3.00. The first-order valence-corrected chi connectivity index (χ1v) is 9.00. The highest BCUT2D eigenvalue weighted by Gasteiger charge is 2.22. The summed E-state index contributed by atoms with van der Waals surface area (Å²) in [6.07, 6.45) is 1.16. The zero-order valence-electron chi connectivity index (χ0n) is 13.8. The van der Waals surface area contributed by atoms with Crippen LogP contribution in [0, 0.1) is 0 Å². The molecule has 1 aromatic rings. The van der Waals surface area contributed by atoms with Gasteiger partial charge in [0.2, 0.25) is 5.91 Å². The summed E-state index contributed by atoms with van der Waals surface area (Å²) in [6.45, 7) is 9.08. The second-order valence-corrected chi connectivity index (χ2v) is 6.25. The Morgan fingerprint density at radius 2 is 2.26 bits per heavy atom. The van der Waals surface area contributed by atoms with Crippen molar-refractivity contribution in [2.45, 2.75) is 26.7 Å². The average molecular weight is 339 g/mol. The molecule has 0 bridgehead atoms. The van der Waals surface area contributed by atoms with Crippen molar-refractivity contribution in [2.75, 3.05) is 44.2 Å². The van der Waals surface area contributed by atoms with Crippen LogP contribution in [0.1, 0.15) is 26.0 Å². The molecule has 128 valence electrons. The summed E-state index contributed by atoms with van der Waals surface area (Å²) in [5.74, 6) is -0.0305. The number of nitrogens with zero attached hydrogens (tertiary/aromatic N) is 3. The number of carbonyl (C=O) groups excluding carboxylic acids is 2. The summed E-state index contributed by atoms with van der Waals surface area (Å²) in [5.41, 5.74) is 0.712. The predicted molar refractivity (Wildman–Crippen MR) is 92.0 cm³/mol. The van der Waals surface area contributed by atoms with Gasteiger partial charge in [-0.2, -0.15) is 0 Å². The Hall–Kier alpha value is -1.67. The van der Waals surface area contributed by atoms with Crippen LogP contribution in [0.5, 0.6) is 0 Å². The molecule has 7 nitrogen and oxygen atoms in total. The molecule has 1 saturated heterocycles. The Bertz CT molecular complexity index is 530. The van der Waals surface area contributed by atoms with Gasteiger partial charge in [-0.1, -0.05) is 13.8 Å². The summed E-state index contributed by atoms with van der Waals surface area (Å²) < 4.78 is 0. The van der Waals surface area contributed by atoms with Gasteiger partial charge in [0.1, 0.15) is 0 Å². The lowest BCUT2D eigenvalue weighted by molar-refractivity contribution is -0.120. The molecule has 0 atom stereocenters. The molecule has 0 aromatic carbocycles. The lowest BCUT2D eigenvalue weighted by Crippen LogP contribution is -2.46. The van der Waals surface area contributed by atoms with Crippen LogP contribution in [-0.4, -0.2) is 61.1 Å². The number of nitrogens with one attached hydrogen (secondary N) is 2. The van der Waals surface area contributed by atoms with E-state index in [1.54, 1.807) is 4.90 Å².